The first-order valence-corrected chi connectivity index (χ1v) is 8.34. The average molecular weight is 309 g/mol. The lowest BCUT2D eigenvalue weighted by atomic mass is 9.83. The number of thiophene rings is 1. The van der Waals surface area contributed by atoms with Crippen LogP contribution in [0.25, 0.3) is 0 Å². The summed E-state index contributed by atoms with van der Waals surface area (Å²) in [5.41, 5.74) is 5.79. The van der Waals surface area contributed by atoms with E-state index in [9.17, 15) is 4.79 Å². The first kappa shape index (κ1) is 15.8. The zero-order valence-electron chi connectivity index (χ0n) is 12.3. The van der Waals surface area contributed by atoms with E-state index in [2.05, 4.69) is 17.4 Å². The van der Waals surface area contributed by atoms with E-state index < -0.39 is 0 Å². The Balaban J connectivity index is 2.08. The molecular formula is C15H23N3O2S. The summed E-state index contributed by atoms with van der Waals surface area (Å²) >= 11 is 1.49. The smallest absolute Gasteiger partial charge is 0.261 e. The fraction of sp³-hybridized carbons (Fsp3) is 0.600. The summed E-state index contributed by atoms with van der Waals surface area (Å²) in [6.07, 6.45) is 6.42. The van der Waals surface area contributed by atoms with Gasteiger partial charge in [-0.1, -0.05) is 31.3 Å². The maximum Gasteiger partial charge on any atom is 0.261 e. The van der Waals surface area contributed by atoms with Crippen LogP contribution in [0, 0.1) is 5.92 Å². The number of rotatable bonds is 5. The third kappa shape index (κ3) is 3.97. The van der Waals surface area contributed by atoms with Gasteiger partial charge in [-0.15, -0.1) is 11.3 Å². The third-order valence-corrected chi connectivity index (χ3v) is 5.30. The van der Waals surface area contributed by atoms with E-state index in [1.54, 1.807) is 0 Å². The van der Waals surface area contributed by atoms with E-state index in [1.165, 1.54) is 22.6 Å². The van der Waals surface area contributed by atoms with Gasteiger partial charge in [0.25, 0.3) is 5.91 Å². The minimum Gasteiger partial charge on any atom is -0.409 e. The van der Waals surface area contributed by atoms with Gasteiger partial charge in [-0.05, 0) is 37.3 Å². The van der Waals surface area contributed by atoms with E-state index in [0.29, 0.717) is 4.88 Å². The Morgan fingerprint density at radius 3 is 2.76 bits per heavy atom. The van der Waals surface area contributed by atoms with Crippen molar-refractivity contribution < 1.29 is 10.0 Å². The molecule has 1 saturated carbocycles. The SMILES string of the molecule is CCc1ccc(C(=O)NC(C(N)=NO)C2CCCCC2)s1. The number of oxime groups is 1. The van der Waals surface area contributed by atoms with Crippen molar-refractivity contribution in [1.29, 1.82) is 0 Å². The topological polar surface area (TPSA) is 87.7 Å². The maximum atomic E-state index is 12.4. The summed E-state index contributed by atoms with van der Waals surface area (Å²) in [4.78, 5) is 14.2. The van der Waals surface area contributed by atoms with Crippen molar-refractivity contribution in [1.82, 2.24) is 5.32 Å². The zero-order chi connectivity index (χ0) is 15.2. The van der Waals surface area contributed by atoms with Crippen molar-refractivity contribution >= 4 is 23.1 Å². The van der Waals surface area contributed by atoms with E-state index >= 15 is 0 Å². The highest BCUT2D eigenvalue weighted by Gasteiger charge is 2.29. The molecule has 1 fully saturated rings. The Hall–Kier alpha value is -1.56. The molecule has 0 bridgehead atoms. The van der Waals surface area contributed by atoms with Gasteiger partial charge in [0.2, 0.25) is 0 Å². The number of amides is 1. The van der Waals surface area contributed by atoms with Gasteiger partial charge in [-0.25, -0.2) is 0 Å². The molecule has 21 heavy (non-hydrogen) atoms. The molecule has 1 aliphatic rings. The number of carbonyl (C=O) groups is 1. The molecule has 4 N–H and O–H groups in total. The van der Waals surface area contributed by atoms with E-state index in [4.69, 9.17) is 10.9 Å². The molecule has 0 aromatic carbocycles. The molecule has 1 aromatic heterocycles. The number of amidine groups is 1. The Morgan fingerprint density at radius 1 is 1.48 bits per heavy atom. The van der Waals surface area contributed by atoms with Crippen molar-refractivity contribution in [3.63, 3.8) is 0 Å². The number of nitrogens with two attached hydrogens (primary N) is 1. The monoisotopic (exact) mass is 309 g/mol. The van der Waals surface area contributed by atoms with Gasteiger partial charge in [-0.3, -0.25) is 4.79 Å². The van der Waals surface area contributed by atoms with Gasteiger partial charge in [-0.2, -0.15) is 0 Å². The molecule has 1 heterocycles. The van der Waals surface area contributed by atoms with Crippen LogP contribution in [0.1, 0.15) is 53.6 Å². The van der Waals surface area contributed by atoms with Gasteiger partial charge in [0, 0.05) is 4.88 Å². The molecule has 6 heteroatoms. The fourth-order valence-electron chi connectivity index (χ4n) is 2.87. The third-order valence-electron chi connectivity index (χ3n) is 4.08. The van der Waals surface area contributed by atoms with Crippen molar-refractivity contribution in [2.45, 2.75) is 51.5 Å². The molecule has 0 saturated heterocycles. The molecule has 1 atom stereocenters. The molecule has 1 aromatic rings. The van der Waals surface area contributed by atoms with Crippen molar-refractivity contribution in [3.8, 4) is 0 Å². The number of carbonyl (C=O) groups excluding carboxylic acids is 1. The van der Waals surface area contributed by atoms with Gasteiger partial charge in [0.1, 0.15) is 0 Å². The lowest BCUT2D eigenvalue weighted by Crippen LogP contribution is -2.49. The number of nitrogens with one attached hydrogen (secondary N) is 1. The van der Waals surface area contributed by atoms with Crippen LogP contribution in [-0.4, -0.2) is 23.0 Å². The fourth-order valence-corrected chi connectivity index (χ4v) is 3.72. The van der Waals surface area contributed by atoms with Crippen LogP contribution >= 0.6 is 11.3 Å². The first-order chi connectivity index (χ1) is 10.2. The van der Waals surface area contributed by atoms with Gasteiger partial charge in [0.05, 0.1) is 10.9 Å². The van der Waals surface area contributed by atoms with E-state index in [0.717, 1.165) is 32.1 Å². The first-order valence-electron chi connectivity index (χ1n) is 7.52. The van der Waals surface area contributed by atoms with Gasteiger partial charge >= 0.3 is 0 Å². The number of hydrogen-bond donors (Lipinski definition) is 3. The molecule has 1 amide bonds. The Kier molecular flexibility index (Phi) is 5.61. The quantitative estimate of drug-likeness (QED) is 0.338. The van der Waals surface area contributed by atoms with Crippen LogP contribution in [-0.2, 0) is 6.42 Å². The minimum atomic E-state index is -0.380. The highest BCUT2D eigenvalue weighted by molar-refractivity contribution is 7.14. The largest absolute Gasteiger partial charge is 0.409 e. The molecule has 0 aliphatic heterocycles. The average Bonchev–Trinajstić information content (AvgIpc) is 3.01. The van der Waals surface area contributed by atoms with Crippen LogP contribution in [0.2, 0.25) is 0 Å². The zero-order valence-corrected chi connectivity index (χ0v) is 13.2. The molecule has 0 spiro atoms. The highest BCUT2D eigenvalue weighted by Crippen LogP contribution is 2.27. The lowest BCUT2D eigenvalue weighted by Gasteiger charge is -2.29. The molecule has 116 valence electrons. The Bertz CT molecular complexity index is 507. The van der Waals surface area contributed by atoms with Crippen molar-refractivity contribution in [2.24, 2.45) is 16.8 Å². The number of nitrogens with zero attached hydrogens (tertiary/aromatic N) is 1. The van der Waals surface area contributed by atoms with Crippen LogP contribution in [0.15, 0.2) is 17.3 Å². The summed E-state index contributed by atoms with van der Waals surface area (Å²) in [7, 11) is 0. The molecule has 1 unspecified atom stereocenters. The Labute approximate surface area is 129 Å². The van der Waals surface area contributed by atoms with Crippen molar-refractivity contribution in [2.75, 3.05) is 0 Å². The molecule has 1 aliphatic carbocycles. The van der Waals surface area contributed by atoms with Crippen LogP contribution in [0.4, 0.5) is 0 Å². The standard InChI is InChI=1S/C15H23N3O2S/c1-2-11-8-9-12(21-11)15(19)17-13(14(16)18-20)10-6-4-3-5-7-10/h8-10,13,20H,2-7H2,1H3,(H2,16,18)(H,17,19). The van der Waals surface area contributed by atoms with Crippen molar-refractivity contribution in [3.05, 3.63) is 21.9 Å². The molecular weight excluding hydrogens is 286 g/mol. The summed E-state index contributed by atoms with van der Waals surface area (Å²) < 4.78 is 0. The lowest BCUT2D eigenvalue weighted by molar-refractivity contribution is 0.0934. The Morgan fingerprint density at radius 2 is 2.19 bits per heavy atom. The molecule has 5 nitrogen and oxygen atoms in total. The predicted molar refractivity (Wildman–Crippen MR) is 84.9 cm³/mol. The highest BCUT2D eigenvalue weighted by atomic mass is 32.1. The van der Waals surface area contributed by atoms with E-state index in [1.807, 2.05) is 12.1 Å². The minimum absolute atomic E-state index is 0.0996. The van der Waals surface area contributed by atoms with Gasteiger partial charge < -0.3 is 16.3 Å². The summed E-state index contributed by atoms with van der Waals surface area (Å²) in [6, 6.07) is 3.43. The summed E-state index contributed by atoms with van der Waals surface area (Å²) in [5.74, 6) is 0.216. The van der Waals surface area contributed by atoms with Gasteiger partial charge in [0.15, 0.2) is 5.84 Å². The summed E-state index contributed by atoms with van der Waals surface area (Å²) in [6.45, 7) is 2.06. The second-order valence-electron chi connectivity index (χ2n) is 5.49. The van der Waals surface area contributed by atoms with Crippen LogP contribution < -0.4 is 11.1 Å². The second kappa shape index (κ2) is 7.45. The second-order valence-corrected chi connectivity index (χ2v) is 6.66. The van der Waals surface area contributed by atoms with E-state index in [-0.39, 0.29) is 23.7 Å². The predicted octanol–water partition coefficient (Wildman–Crippen LogP) is 2.74. The molecule has 2 rings (SSSR count). The maximum absolute atomic E-state index is 12.4. The summed E-state index contributed by atoms with van der Waals surface area (Å²) in [5, 5.41) is 15.0. The van der Waals surface area contributed by atoms with Crippen LogP contribution in [0.5, 0.6) is 0 Å². The number of hydrogen-bond acceptors (Lipinski definition) is 4. The normalized spacial score (nSPS) is 18.4. The van der Waals surface area contributed by atoms with Crippen LogP contribution in [0.3, 0.4) is 0 Å². The molecule has 0 radical (unpaired) electrons. The number of aryl methyl sites for hydroxylation is 1.